The van der Waals surface area contributed by atoms with Crippen molar-refractivity contribution in [2.75, 3.05) is 0 Å². The van der Waals surface area contributed by atoms with Gasteiger partial charge in [0.25, 0.3) is 0 Å². The van der Waals surface area contributed by atoms with Crippen molar-refractivity contribution in [3.05, 3.63) is 167 Å². The second-order valence-electron chi connectivity index (χ2n) is 22.5. The van der Waals surface area contributed by atoms with Crippen LogP contribution in [0.25, 0.3) is 72.7 Å². The maximum Gasteiger partial charge on any atom is 0.148 e. The Kier molecular flexibility index (Phi) is 9.15. The van der Waals surface area contributed by atoms with Gasteiger partial charge in [0.2, 0.25) is 0 Å². The molecule has 70 heavy (non-hydrogen) atoms. The van der Waals surface area contributed by atoms with E-state index in [9.17, 15) is 10.6 Å². The van der Waals surface area contributed by atoms with Gasteiger partial charge < -0.3 is 5.11 Å². The number of imidazole rings is 1. The molecule has 0 amide bonds. The van der Waals surface area contributed by atoms with Gasteiger partial charge in [-0.15, -0.1) is 29.3 Å². The van der Waals surface area contributed by atoms with E-state index in [4.69, 9.17) is 22.8 Å². The Morgan fingerprint density at radius 2 is 1.23 bits per heavy atom. The summed E-state index contributed by atoms with van der Waals surface area (Å²) in [4.78, 5) is 9.91. The molecular formula is C65H74N3OPt-. The van der Waals surface area contributed by atoms with E-state index in [0.29, 0.717) is 50.4 Å². The molecule has 2 aromatic heterocycles. The first kappa shape index (κ1) is 33.9. The fourth-order valence-electron chi connectivity index (χ4n) is 8.73. The number of para-hydroxylation sites is 1. The van der Waals surface area contributed by atoms with Gasteiger partial charge in [-0.05, 0) is 108 Å². The summed E-state index contributed by atoms with van der Waals surface area (Å²) in [5.41, 5.74) is 0.654. The first-order chi connectivity index (χ1) is 39.1. The van der Waals surface area contributed by atoms with Gasteiger partial charge in [0.1, 0.15) is 11.6 Å². The molecule has 0 aliphatic carbocycles. The van der Waals surface area contributed by atoms with E-state index in [-0.39, 0.29) is 48.9 Å². The Hall–Kier alpha value is -5.57. The molecule has 6 aromatic carbocycles. The second kappa shape index (κ2) is 18.9. The molecule has 0 spiro atoms. The molecule has 366 valence electrons. The molecule has 8 aromatic rings. The number of pyridine rings is 1. The van der Waals surface area contributed by atoms with Crippen LogP contribution in [-0.2, 0) is 48.1 Å². The summed E-state index contributed by atoms with van der Waals surface area (Å²) < 4.78 is 151. The van der Waals surface area contributed by atoms with Crippen LogP contribution in [-0.4, -0.2) is 19.6 Å². The number of rotatable bonds is 7. The topological polar surface area (TPSA) is 50.9 Å². The Balaban J connectivity index is 0.0000108. The van der Waals surface area contributed by atoms with Crippen molar-refractivity contribution in [3.8, 4) is 67.5 Å². The summed E-state index contributed by atoms with van der Waals surface area (Å²) in [6.07, 6.45) is -0.759. The minimum absolute atomic E-state index is 0. The predicted molar refractivity (Wildman–Crippen MR) is 294 cm³/mol. The van der Waals surface area contributed by atoms with Crippen LogP contribution in [0.3, 0.4) is 0 Å². The average molecular weight is 1130 g/mol. The number of benzene rings is 6. The summed E-state index contributed by atoms with van der Waals surface area (Å²) in [6.45, 7) is 16.7. The molecular weight excluding hydrogens is 1030 g/mol. The number of phenolic OH excluding ortho intramolecular Hbond substituents is 1. The van der Waals surface area contributed by atoms with Crippen molar-refractivity contribution in [2.24, 2.45) is 0 Å². The third kappa shape index (κ3) is 10.4. The van der Waals surface area contributed by atoms with Crippen molar-refractivity contribution in [3.63, 3.8) is 0 Å². The van der Waals surface area contributed by atoms with Crippen LogP contribution < -0.4 is 0 Å². The molecule has 0 bridgehead atoms. The van der Waals surface area contributed by atoms with Gasteiger partial charge in [0, 0.05) is 57.9 Å². The molecule has 0 radical (unpaired) electrons. The van der Waals surface area contributed by atoms with Crippen LogP contribution in [0.15, 0.2) is 127 Å². The number of hydrogen-bond acceptors (Lipinski definition) is 3. The maximum absolute atomic E-state index is 12.7. The summed E-state index contributed by atoms with van der Waals surface area (Å²) in [5, 5.41) is 12.7. The van der Waals surface area contributed by atoms with Crippen molar-refractivity contribution >= 4 is 11.0 Å². The zero-order chi connectivity index (χ0) is 64.7. The van der Waals surface area contributed by atoms with Gasteiger partial charge in [-0.25, -0.2) is 4.98 Å². The fraction of sp³-hybridized carbons (Fsp3) is 0.354. The minimum Gasteiger partial charge on any atom is -0.507 e. The third-order valence-electron chi connectivity index (χ3n) is 12.7. The van der Waals surface area contributed by atoms with Crippen molar-refractivity contribution in [2.45, 2.75) is 150 Å². The number of hydrogen-bond donors (Lipinski definition) is 1. The molecule has 0 fully saturated rings. The Labute approximate surface area is 458 Å². The molecule has 0 saturated heterocycles. The normalized spacial score (nSPS) is 16.9. The number of aromatic nitrogens is 3. The summed E-state index contributed by atoms with van der Waals surface area (Å²) in [7, 11) is 0. The van der Waals surface area contributed by atoms with Gasteiger partial charge in [0.05, 0.1) is 26.2 Å². The fourth-order valence-corrected chi connectivity index (χ4v) is 8.73. The van der Waals surface area contributed by atoms with Gasteiger partial charge >= 0.3 is 0 Å². The Morgan fingerprint density at radius 3 is 1.86 bits per heavy atom. The SMILES string of the molecule is [2H]c1nc(-c2[c-]c(-c3cccc4c3nc(-c3cc(C(C)(C)C)cc(C(C)(C)C)c3O)n4-c3ccc(-c4ccccc4C(C)(C)C)c(C([2H])(C)C)c3)cc(C(C)(C)C)c2)c([2H])c(-c2c([2H])c([2H])c(C(C([2H])([2H])[2H])(C([2H])([2H])[2H])C([2H])([2H])[2H])c([2H])c2[2H])c1[2H].[Pt]. The van der Waals surface area contributed by atoms with Crippen LogP contribution in [0.5, 0.6) is 5.75 Å². The van der Waals surface area contributed by atoms with E-state index < -0.39 is 102 Å². The Morgan fingerprint density at radius 1 is 0.600 bits per heavy atom. The van der Waals surface area contributed by atoms with Crippen LogP contribution in [0.1, 0.15) is 180 Å². The molecule has 0 unspecified atom stereocenters. The number of nitrogens with zero attached hydrogens (tertiary/aromatic N) is 3. The first-order valence-electron chi connectivity index (χ1n) is 31.9. The molecule has 5 heteroatoms. The van der Waals surface area contributed by atoms with Crippen molar-refractivity contribution in [1.29, 1.82) is 0 Å². The molecule has 1 N–H and O–H groups in total. The van der Waals surface area contributed by atoms with Gasteiger partial charge in [-0.1, -0.05) is 207 Å². The monoisotopic (exact) mass is 1120 g/mol. The zero-order valence-corrected chi connectivity index (χ0v) is 45.0. The van der Waals surface area contributed by atoms with Gasteiger partial charge in [-0.2, -0.15) is 0 Å². The van der Waals surface area contributed by atoms with Crippen LogP contribution >= 0.6 is 0 Å². The van der Waals surface area contributed by atoms with E-state index in [1.165, 1.54) is 0 Å². The van der Waals surface area contributed by atoms with Crippen molar-refractivity contribution in [1.82, 2.24) is 14.5 Å². The molecule has 4 nitrogen and oxygen atoms in total. The molecule has 0 aliphatic rings. The van der Waals surface area contributed by atoms with E-state index >= 15 is 0 Å². The number of fused-ring (bicyclic) bond motifs is 1. The largest absolute Gasteiger partial charge is 0.507 e. The molecule has 0 aliphatic heterocycles. The summed E-state index contributed by atoms with van der Waals surface area (Å²) >= 11 is 0. The van der Waals surface area contributed by atoms with Crippen molar-refractivity contribution < 1.29 is 49.5 Å². The smallest absolute Gasteiger partial charge is 0.148 e. The van der Waals surface area contributed by atoms with Crippen LogP contribution in [0, 0.1) is 6.07 Å². The quantitative estimate of drug-likeness (QED) is 0.162. The first-order valence-corrected chi connectivity index (χ1v) is 23.4. The molecule has 0 atom stereocenters. The predicted octanol–water partition coefficient (Wildman–Crippen LogP) is 17.9. The standard InChI is InChI=1S/C65H74N3O.Pt/c1-40(2)52-39-48(29-30-50(52)51-21-18-19-23-54(51)64(12,13)14)68-57-24-20-22-49(58(57)67-60(68)53-37-47(63(9,10)11)38-55(59(53)69)65(15,16)17)43-33-44(35-46(34-43)62(6,7)8)56-36-42(31-32-66-56)41-25-27-45(28-26-41)61(3,4)5;/h18-32,34-40,69H,1-17H3;/q-1;/i3D3,4D3,5D3,25D,26D,27D,28D,31D,32D,36D,40D;. The minimum atomic E-state index is -3.94. The van der Waals surface area contributed by atoms with E-state index in [2.05, 4.69) is 64.7 Å². The number of phenols is 1. The third-order valence-corrected chi connectivity index (χ3v) is 12.7. The van der Waals surface area contributed by atoms with E-state index in [1.807, 2.05) is 127 Å². The van der Waals surface area contributed by atoms with E-state index in [0.717, 1.165) is 27.8 Å². The average Bonchev–Trinajstić information content (AvgIpc) is 1.02. The summed E-state index contributed by atoms with van der Waals surface area (Å²) in [5.74, 6) is -0.673. The van der Waals surface area contributed by atoms with Crippen LogP contribution in [0.2, 0.25) is 0 Å². The van der Waals surface area contributed by atoms with E-state index in [1.54, 1.807) is 6.07 Å². The molecule has 0 saturated carbocycles. The molecule has 2 heterocycles. The number of aromatic hydroxyl groups is 1. The second-order valence-corrected chi connectivity index (χ2v) is 22.5. The van der Waals surface area contributed by atoms with Gasteiger partial charge in [-0.3, -0.25) is 9.55 Å². The summed E-state index contributed by atoms with van der Waals surface area (Å²) in [6, 6.07) is 24.6. The zero-order valence-electron chi connectivity index (χ0n) is 59.7. The Bertz CT molecular complexity index is 3960. The molecule has 8 rings (SSSR count). The van der Waals surface area contributed by atoms with Gasteiger partial charge in [0.15, 0.2) is 0 Å². The van der Waals surface area contributed by atoms with Crippen LogP contribution in [0.4, 0.5) is 0 Å². The maximum atomic E-state index is 12.7.